The fourth-order valence-electron chi connectivity index (χ4n) is 3.71. The first-order chi connectivity index (χ1) is 10.0. The van der Waals surface area contributed by atoms with E-state index in [1.165, 1.54) is 25.7 Å². The summed E-state index contributed by atoms with van der Waals surface area (Å²) in [4.78, 5) is 4.84. The van der Waals surface area contributed by atoms with Crippen LogP contribution in [0.4, 0.5) is 0 Å². The van der Waals surface area contributed by atoms with E-state index in [1.54, 1.807) is 0 Å². The molecule has 0 N–H and O–H groups in total. The lowest BCUT2D eigenvalue weighted by molar-refractivity contribution is 0.255. The third-order valence-corrected chi connectivity index (χ3v) is 5.02. The Morgan fingerprint density at radius 1 is 1.33 bits per heavy atom. The summed E-state index contributed by atoms with van der Waals surface area (Å²) < 4.78 is 4.49. The van der Waals surface area contributed by atoms with Gasteiger partial charge in [0.15, 0.2) is 5.65 Å². The van der Waals surface area contributed by atoms with E-state index in [1.807, 2.05) is 13.8 Å². The molecule has 1 fully saturated rings. The molecule has 0 bridgehead atoms. The van der Waals surface area contributed by atoms with Crippen LogP contribution in [-0.2, 0) is 6.54 Å². The summed E-state index contributed by atoms with van der Waals surface area (Å²) in [6.07, 6.45) is 5.15. The van der Waals surface area contributed by atoms with Crippen molar-refractivity contribution in [3.8, 4) is 0 Å². The maximum atomic E-state index is 6.44. The maximum absolute atomic E-state index is 6.44. The van der Waals surface area contributed by atoms with Crippen molar-refractivity contribution in [3.05, 3.63) is 11.5 Å². The Labute approximate surface area is 131 Å². The molecular weight excluding hydrogens is 284 g/mol. The molecule has 2 heterocycles. The van der Waals surface area contributed by atoms with E-state index in [0.29, 0.717) is 12.0 Å². The van der Waals surface area contributed by atoms with Crippen LogP contribution in [0.5, 0.6) is 0 Å². The molecule has 3 unspecified atom stereocenters. The van der Waals surface area contributed by atoms with Gasteiger partial charge in [-0.15, -0.1) is 11.6 Å². The third kappa shape index (κ3) is 2.37. The van der Waals surface area contributed by atoms with Crippen LogP contribution < -0.4 is 0 Å². The number of imidazole rings is 1. The van der Waals surface area contributed by atoms with Gasteiger partial charge in [0.05, 0.1) is 11.1 Å². The van der Waals surface area contributed by atoms with Crippen LogP contribution in [0.2, 0.25) is 0 Å². The van der Waals surface area contributed by atoms with Crippen molar-refractivity contribution in [1.29, 1.82) is 0 Å². The average molecular weight is 309 g/mol. The Hall–Kier alpha value is -1.03. The first kappa shape index (κ1) is 14.9. The van der Waals surface area contributed by atoms with Crippen LogP contribution in [0.3, 0.4) is 0 Å². The van der Waals surface area contributed by atoms with E-state index < -0.39 is 0 Å². The Morgan fingerprint density at radius 3 is 2.67 bits per heavy atom. The number of aryl methyl sites for hydroxylation is 2. The number of nitrogens with zero attached hydrogens (tertiary/aromatic N) is 4. The monoisotopic (exact) mass is 308 g/mol. The fraction of sp³-hybridized carbons (Fsp3) is 0.750. The minimum absolute atomic E-state index is 0.0729. The first-order valence-electron chi connectivity index (χ1n) is 8.13. The summed E-state index contributed by atoms with van der Waals surface area (Å²) in [5.74, 6) is 1.68. The molecule has 0 spiro atoms. The lowest BCUT2D eigenvalue weighted by atomic mass is 9.85. The van der Waals surface area contributed by atoms with Gasteiger partial charge in [-0.1, -0.05) is 19.8 Å². The highest BCUT2D eigenvalue weighted by atomic mass is 35.5. The summed E-state index contributed by atoms with van der Waals surface area (Å²) in [6, 6.07) is 0.501. The predicted octanol–water partition coefficient (Wildman–Crippen LogP) is 4.61. The molecule has 2 aromatic heterocycles. The zero-order valence-electron chi connectivity index (χ0n) is 13.4. The van der Waals surface area contributed by atoms with E-state index in [-0.39, 0.29) is 5.38 Å². The maximum Gasteiger partial charge on any atom is 0.159 e. The molecule has 0 saturated heterocycles. The standard InChI is InChI=1S/C16H25ClN4/c1-5-20-16-14(12(4)19-20)18-15(11(3)17)21(16)13-9-7-6-8-10(13)2/h10-11,13H,5-9H2,1-4H3. The lowest BCUT2D eigenvalue weighted by Gasteiger charge is -2.32. The highest BCUT2D eigenvalue weighted by Gasteiger charge is 2.30. The molecular formula is C16H25ClN4. The number of halogens is 1. The fourth-order valence-corrected chi connectivity index (χ4v) is 3.87. The van der Waals surface area contributed by atoms with Crippen molar-refractivity contribution in [2.45, 2.75) is 71.3 Å². The molecule has 0 aromatic carbocycles. The third-order valence-electron chi connectivity index (χ3n) is 4.82. The highest BCUT2D eigenvalue weighted by Crippen LogP contribution is 2.39. The number of hydrogen-bond donors (Lipinski definition) is 0. The summed E-state index contributed by atoms with van der Waals surface area (Å²) >= 11 is 6.44. The molecule has 1 aliphatic rings. The van der Waals surface area contributed by atoms with Gasteiger partial charge in [-0.25, -0.2) is 9.67 Å². The van der Waals surface area contributed by atoms with Gasteiger partial charge in [0.25, 0.3) is 0 Å². The normalized spacial score (nSPS) is 24.6. The number of hydrogen-bond acceptors (Lipinski definition) is 2. The van der Waals surface area contributed by atoms with E-state index in [9.17, 15) is 0 Å². The van der Waals surface area contributed by atoms with Crippen molar-refractivity contribution in [1.82, 2.24) is 19.3 Å². The molecule has 0 aliphatic heterocycles. The first-order valence-corrected chi connectivity index (χ1v) is 8.57. The minimum atomic E-state index is -0.0729. The van der Waals surface area contributed by atoms with Gasteiger partial charge >= 0.3 is 0 Å². The molecule has 1 saturated carbocycles. The van der Waals surface area contributed by atoms with Crippen LogP contribution >= 0.6 is 11.6 Å². The second-order valence-corrected chi connectivity index (χ2v) is 7.01. The van der Waals surface area contributed by atoms with Crippen molar-refractivity contribution >= 4 is 22.8 Å². The Balaban J connectivity index is 2.24. The van der Waals surface area contributed by atoms with Crippen molar-refractivity contribution in [2.24, 2.45) is 5.92 Å². The van der Waals surface area contributed by atoms with Gasteiger partial charge in [0.1, 0.15) is 11.3 Å². The van der Waals surface area contributed by atoms with Gasteiger partial charge in [0, 0.05) is 12.6 Å². The zero-order chi connectivity index (χ0) is 15.1. The number of alkyl halides is 1. The Morgan fingerprint density at radius 2 is 2.05 bits per heavy atom. The van der Waals surface area contributed by atoms with Gasteiger partial charge in [0.2, 0.25) is 0 Å². The number of fused-ring (bicyclic) bond motifs is 1. The Bertz CT molecular complexity index is 640. The summed E-state index contributed by atoms with van der Waals surface area (Å²) in [6.45, 7) is 9.42. The molecule has 2 aromatic rings. The Kier molecular flexibility index (Phi) is 4.00. The second kappa shape index (κ2) is 5.64. The van der Waals surface area contributed by atoms with Crippen LogP contribution in [0.1, 0.15) is 69.4 Å². The van der Waals surface area contributed by atoms with Gasteiger partial charge in [-0.3, -0.25) is 0 Å². The molecule has 1 aliphatic carbocycles. The molecule has 0 radical (unpaired) electrons. The zero-order valence-corrected chi connectivity index (χ0v) is 14.2. The predicted molar refractivity (Wildman–Crippen MR) is 86.9 cm³/mol. The SMILES string of the molecule is CCn1nc(C)c2nc(C(C)Cl)n(C3CCCCC3C)c21. The molecule has 4 nitrogen and oxygen atoms in total. The van der Waals surface area contributed by atoms with Crippen LogP contribution in [0.25, 0.3) is 11.2 Å². The quantitative estimate of drug-likeness (QED) is 0.776. The lowest BCUT2D eigenvalue weighted by Crippen LogP contribution is -2.24. The average Bonchev–Trinajstić information content (AvgIpc) is 2.98. The van der Waals surface area contributed by atoms with Crippen molar-refractivity contribution in [2.75, 3.05) is 0 Å². The van der Waals surface area contributed by atoms with E-state index >= 15 is 0 Å². The van der Waals surface area contributed by atoms with Crippen molar-refractivity contribution < 1.29 is 0 Å². The van der Waals surface area contributed by atoms with Crippen LogP contribution in [0.15, 0.2) is 0 Å². The van der Waals surface area contributed by atoms with Gasteiger partial charge in [-0.2, -0.15) is 5.10 Å². The molecule has 5 heteroatoms. The second-order valence-electron chi connectivity index (χ2n) is 6.36. The number of aromatic nitrogens is 4. The number of rotatable bonds is 3. The van der Waals surface area contributed by atoms with E-state index in [2.05, 4.69) is 28.2 Å². The molecule has 3 atom stereocenters. The summed E-state index contributed by atoms with van der Waals surface area (Å²) in [7, 11) is 0. The highest BCUT2D eigenvalue weighted by molar-refractivity contribution is 6.20. The molecule has 3 rings (SSSR count). The van der Waals surface area contributed by atoms with Gasteiger partial charge < -0.3 is 4.57 Å². The van der Waals surface area contributed by atoms with Crippen LogP contribution in [-0.4, -0.2) is 19.3 Å². The van der Waals surface area contributed by atoms with E-state index in [0.717, 1.165) is 29.2 Å². The topological polar surface area (TPSA) is 35.6 Å². The molecule has 0 amide bonds. The van der Waals surface area contributed by atoms with Gasteiger partial charge in [-0.05, 0) is 39.5 Å². The summed E-state index contributed by atoms with van der Waals surface area (Å²) in [5.41, 5.74) is 3.20. The van der Waals surface area contributed by atoms with Crippen molar-refractivity contribution in [3.63, 3.8) is 0 Å². The smallest absolute Gasteiger partial charge is 0.159 e. The molecule has 116 valence electrons. The minimum Gasteiger partial charge on any atom is -0.308 e. The largest absolute Gasteiger partial charge is 0.308 e. The molecule has 21 heavy (non-hydrogen) atoms. The van der Waals surface area contributed by atoms with Crippen LogP contribution in [0, 0.1) is 12.8 Å². The van der Waals surface area contributed by atoms with E-state index in [4.69, 9.17) is 16.6 Å². The summed E-state index contributed by atoms with van der Waals surface area (Å²) in [5, 5.41) is 4.57.